The highest BCUT2D eigenvalue weighted by molar-refractivity contribution is 5.47. The molecular weight excluding hydrogens is 192 g/mol. The highest BCUT2D eigenvalue weighted by Gasteiger charge is 2.11. The standard InChI is InChI=1S/C10H14N4O/c1-5-6(2)15-10-7(3)9(14-11)12-8(4)13-10/h1,6H,11H2,2-4H3,(H,12,13,14). The van der Waals surface area contributed by atoms with Crippen LogP contribution in [0.5, 0.6) is 5.88 Å². The fourth-order valence-corrected chi connectivity index (χ4v) is 1.06. The van der Waals surface area contributed by atoms with E-state index in [2.05, 4.69) is 21.3 Å². The van der Waals surface area contributed by atoms with Crippen LogP contribution in [0.25, 0.3) is 0 Å². The first-order valence-corrected chi connectivity index (χ1v) is 4.53. The van der Waals surface area contributed by atoms with E-state index >= 15 is 0 Å². The van der Waals surface area contributed by atoms with Gasteiger partial charge < -0.3 is 10.2 Å². The van der Waals surface area contributed by atoms with Crippen molar-refractivity contribution in [1.82, 2.24) is 9.97 Å². The van der Waals surface area contributed by atoms with Crippen LogP contribution in [-0.4, -0.2) is 16.1 Å². The topological polar surface area (TPSA) is 73.1 Å². The lowest BCUT2D eigenvalue weighted by molar-refractivity contribution is 0.265. The third-order valence-corrected chi connectivity index (χ3v) is 1.87. The molecule has 3 N–H and O–H groups in total. The van der Waals surface area contributed by atoms with Gasteiger partial charge in [-0.05, 0) is 20.8 Å². The minimum atomic E-state index is -0.330. The first kappa shape index (κ1) is 11.3. The molecule has 0 amide bonds. The van der Waals surface area contributed by atoms with Crippen LogP contribution < -0.4 is 16.0 Å². The van der Waals surface area contributed by atoms with Crippen molar-refractivity contribution in [3.63, 3.8) is 0 Å². The average molecular weight is 206 g/mol. The van der Waals surface area contributed by atoms with E-state index in [0.717, 1.165) is 5.56 Å². The summed E-state index contributed by atoms with van der Waals surface area (Å²) >= 11 is 0. The van der Waals surface area contributed by atoms with Gasteiger partial charge in [0.2, 0.25) is 5.88 Å². The van der Waals surface area contributed by atoms with E-state index in [0.29, 0.717) is 17.5 Å². The molecule has 0 aromatic carbocycles. The largest absolute Gasteiger partial charge is 0.461 e. The fourth-order valence-electron chi connectivity index (χ4n) is 1.06. The van der Waals surface area contributed by atoms with Crippen molar-refractivity contribution in [2.75, 3.05) is 5.43 Å². The molecule has 5 heteroatoms. The Kier molecular flexibility index (Phi) is 3.47. The highest BCUT2D eigenvalue weighted by atomic mass is 16.5. The molecule has 80 valence electrons. The van der Waals surface area contributed by atoms with Gasteiger partial charge in [0, 0.05) is 0 Å². The number of nitrogens with two attached hydrogens (primary N) is 1. The summed E-state index contributed by atoms with van der Waals surface area (Å²) in [7, 11) is 0. The number of aryl methyl sites for hydroxylation is 1. The number of nitrogen functional groups attached to an aromatic ring is 1. The summed E-state index contributed by atoms with van der Waals surface area (Å²) in [5.74, 6) is 9.36. The second kappa shape index (κ2) is 4.62. The van der Waals surface area contributed by atoms with E-state index in [1.807, 2.05) is 6.92 Å². The number of rotatable bonds is 3. The van der Waals surface area contributed by atoms with E-state index in [1.165, 1.54) is 0 Å². The van der Waals surface area contributed by atoms with Crippen molar-refractivity contribution in [3.8, 4) is 18.2 Å². The molecule has 1 aromatic heterocycles. The predicted molar refractivity (Wildman–Crippen MR) is 58.2 cm³/mol. The van der Waals surface area contributed by atoms with Crippen LogP contribution in [0.4, 0.5) is 5.82 Å². The SMILES string of the molecule is C#CC(C)Oc1nc(C)nc(NN)c1C. The lowest BCUT2D eigenvalue weighted by atomic mass is 10.3. The maximum absolute atomic E-state index is 5.43. The molecule has 0 radical (unpaired) electrons. The maximum atomic E-state index is 5.43. The molecular formula is C10H14N4O. The Morgan fingerprint density at radius 1 is 1.47 bits per heavy atom. The van der Waals surface area contributed by atoms with E-state index in [4.69, 9.17) is 17.0 Å². The third kappa shape index (κ3) is 2.58. The summed E-state index contributed by atoms with van der Waals surface area (Å²) in [6.45, 7) is 5.34. The van der Waals surface area contributed by atoms with E-state index in [1.54, 1.807) is 13.8 Å². The number of nitrogens with one attached hydrogen (secondary N) is 1. The highest BCUT2D eigenvalue weighted by Crippen LogP contribution is 2.21. The van der Waals surface area contributed by atoms with Gasteiger partial charge in [-0.2, -0.15) is 4.98 Å². The molecule has 15 heavy (non-hydrogen) atoms. The van der Waals surface area contributed by atoms with Crippen LogP contribution in [0.3, 0.4) is 0 Å². The second-order valence-corrected chi connectivity index (χ2v) is 3.12. The first-order chi connectivity index (χ1) is 7.08. The average Bonchev–Trinajstić information content (AvgIpc) is 2.22. The number of nitrogens with zero attached hydrogens (tertiary/aromatic N) is 2. The summed E-state index contributed by atoms with van der Waals surface area (Å²) in [4.78, 5) is 8.25. The van der Waals surface area contributed by atoms with Gasteiger partial charge in [0.05, 0.1) is 5.56 Å². The van der Waals surface area contributed by atoms with Gasteiger partial charge in [0.25, 0.3) is 0 Å². The molecule has 5 nitrogen and oxygen atoms in total. The Bertz CT molecular complexity index is 397. The van der Waals surface area contributed by atoms with E-state index in [-0.39, 0.29) is 6.10 Å². The van der Waals surface area contributed by atoms with E-state index < -0.39 is 0 Å². The number of hydrogen-bond donors (Lipinski definition) is 2. The quantitative estimate of drug-likeness (QED) is 0.434. The van der Waals surface area contributed by atoms with Gasteiger partial charge in [0.1, 0.15) is 11.6 Å². The van der Waals surface area contributed by atoms with Gasteiger partial charge >= 0.3 is 0 Å². The van der Waals surface area contributed by atoms with Crippen molar-refractivity contribution < 1.29 is 4.74 Å². The van der Waals surface area contributed by atoms with Gasteiger partial charge in [-0.3, -0.25) is 0 Å². The molecule has 0 fully saturated rings. The minimum Gasteiger partial charge on any atom is -0.461 e. The number of hydrazine groups is 1. The molecule has 1 unspecified atom stereocenters. The normalized spacial score (nSPS) is 11.7. The molecule has 0 aliphatic heterocycles. The molecule has 1 atom stereocenters. The summed E-state index contributed by atoms with van der Waals surface area (Å²) in [5, 5.41) is 0. The van der Waals surface area contributed by atoms with Gasteiger partial charge in [-0.15, -0.1) is 6.42 Å². The Balaban J connectivity index is 3.07. The van der Waals surface area contributed by atoms with Crippen LogP contribution in [0.1, 0.15) is 18.3 Å². The number of hydrogen-bond acceptors (Lipinski definition) is 5. The van der Waals surface area contributed by atoms with Crippen LogP contribution in [0, 0.1) is 26.2 Å². The molecule has 0 spiro atoms. The third-order valence-electron chi connectivity index (χ3n) is 1.87. The molecule has 0 aliphatic carbocycles. The first-order valence-electron chi connectivity index (χ1n) is 4.53. The Labute approximate surface area is 89.0 Å². The van der Waals surface area contributed by atoms with Crippen molar-refractivity contribution in [2.24, 2.45) is 5.84 Å². The van der Waals surface area contributed by atoms with Gasteiger partial charge in [0.15, 0.2) is 6.10 Å². The molecule has 1 aromatic rings. The molecule has 0 saturated heterocycles. The molecule has 1 rings (SSSR count). The second-order valence-electron chi connectivity index (χ2n) is 3.12. The zero-order valence-electron chi connectivity index (χ0n) is 9.03. The summed E-state index contributed by atoms with van der Waals surface area (Å²) in [6.07, 6.45) is 4.89. The van der Waals surface area contributed by atoms with Crippen LogP contribution in [0.15, 0.2) is 0 Å². The summed E-state index contributed by atoms with van der Waals surface area (Å²) in [6, 6.07) is 0. The van der Waals surface area contributed by atoms with Gasteiger partial charge in [-0.1, -0.05) is 5.92 Å². The Hall–Kier alpha value is -1.80. The minimum absolute atomic E-state index is 0.330. The molecule has 1 heterocycles. The zero-order chi connectivity index (χ0) is 11.4. The lowest BCUT2D eigenvalue weighted by Crippen LogP contribution is -2.15. The van der Waals surface area contributed by atoms with Crippen molar-refractivity contribution in [1.29, 1.82) is 0 Å². The van der Waals surface area contributed by atoms with Crippen molar-refractivity contribution in [2.45, 2.75) is 26.9 Å². The number of terminal acetylenes is 1. The number of anilines is 1. The predicted octanol–water partition coefficient (Wildman–Crippen LogP) is 0.780. The number of ether oxygens (including phenoxy) is 1. The van der Waals surface area contributed by atoms with Crippen LogP contribution >= 0.6 is 0 Å². The Morgan fingerprint density at radius 2 is 2.13 bits per heavy atom. The lowest BCUT2D eigenvalue weighted by Gasteiger charge is -2.13. The Morgan fingerprint density at radius 3 is 2.67 bits per heavy atom. The van der Waals surface area contributed by atoms with Crippen LogP contribution in [0.2, 0.25) is 0 Å². The molecule has 0 saturated carbocycles. The zero-order valence-corrected chi connectivity index (χ0v) is 9.03. The summed E-state index contributed by atoms with van der Waals surface area (Å²) in [5.41, 5.74) is 3.23. The van der Waals surface area contributed by atoms with E-state index in [9.17, 15) is 0 Å². The molecule has 0 bridgehead atoms. The smallest absolute Gasteiger partial charge is 0.223 e. The monoisotopic (exact) mass is 206 g/mol. The van der Waals surface area contributed by atoms with Gasteiger partial charge in [-0.25, -0.2) is 10.8 Å². The number of aromatic nitrogens is 2. The van der Waals surface area contributed by atoms with Crippen molar-refractivity contribution >= 4 is 5.82 Å². The fraction of sp³-hybridized carbons (Fsp3) is 0.400. The van der Waals surface area contributed by atoms with Crippen LogP contribution in [-0.2, 0) is 0 Å². The maximum Gasteiger partial charge on any atom is 0.223 e. The van der Waals surface area contributed by atoms with Crippen molar-refractivity contribution in [3.05, 3.63) is 11.4 Å². The summed E-state index contributed by atoms with van der Waals surface area (Å²) < 4.78 is 5.43. The molecule has 0 aliphatic rings.